The summed E-state index contributed by atoms with van der Waals surface area (Å²) in [6, 6.07) is 1.97. The first-order chi connectivity index (χ1) is 6.19. The van der Waals surface area contributed by atoms with Crippen molar-refractivity contribution in [3.63, 3.8) is 0 Å². The van der Waals surface area contributed by atoms with Crippen LogP contribution in [-0.2, 0) is 0 Å². The van der Waals surface area contributed by atoms with Gasteiger partial charge in [0, 0.05) is 13.6 Å². The van der Waals surface area contributed by atoms with Gasteiger partial charge in [-0.25, -0.2) is 9.97 Å². The number of aromatic nitrogens is 2. The third-order valence-corrected chi connectivity index (χ3v) is 1.71. The predicted molar refractivity (Wildman–Crippen MR) is 50.1 cm³/mol. The Morgan fingerprint density at radius 2 is 2.38 bits per heavy atom. The van der Waals surface area contributed by atoms with Crippen molar-refractivity contribution >= 4 is 11.6 Å². The van der Waals surface area contributed by atoms with Crippen molar-refractivity contribution in [2.24, 2.45) is 0 Å². The highest BCUT2D eigenvalue weighted by molar-refractivity contribution is 5.52. The summed E-state index contributed by atoms with van der Waals surface area (Å²) in [5, 5.41) is 8.73. The van der Waals surface area contributed by atoms with Gasteiger partial charge in [-0.2, -0.15) is 5.26 Å². The Labute approximate surface area is 76.8 Å². The first kappa shape index (κ1) is 9.26. The van der Waals surface area contributed by atoms with Crippen molar-refractivity contribution in [1.82, 2.24) is 9.97 Å². The Balaban J connectivity index is 3.17. The first-order valence-electron chi connectivity index (χ1n) is 3.92. The van der Waals surface area contributed by atoms with E-state index in [0.717, 1.165) is 6.54 Å². The van der Waals surface area contributed by atoms with Crippen molar-refractivity contribution in [3.8, 4) is 6.07 Å². The molecule has 0 spiro atoms. The number of hydrogen-bond acceptors (Lipinski definition) is 5. The number of nitrogen functional groups attached to an aromatic ring is 1. The molecule has 0 atom stereocenters. The molecule has 0 saturated heterocycles. The fourth-order valence-corrected chi connectivity index (χ4v) is 0.887. The van der Waals surface area contributed by atoms with E-state index in [-0.39, 0.29) is 0 Å². The van der Waals surface area contributed by atoms with Crippen LogP contribution in [0.1, 0.15) is 12.6 Å². The lowest BCUT2D eigenvalue weighted by Gasteiger charge is -2.15. The van der Waals surface area contributed by atoms with Gasteiger partial charge in [0.15, 0.2) is 11.5 Å². The summed E-state index contributed by atoms with van der Waals surface area (Å²) in [7, 11) is 1.84. The second-order valence-corrected chi connectivity index (χ2v) is 2.59. The fourth-order valence-electron chi connectivity index (χ4n) is 0.887. The molecule has 5 heteroatoms. The minimum atomic E-state index is 0.304. The minimum Gasteiger partial charge on any atom is -0.382 e. The standard InChI is InChI=1S/C8H11N5/c1-3-13(2)8-6(4-9)11-5-7(10)12-8/h5H,3H2,1-2H3,(H2,10,12). The SMILES string of the molecule is CCN(C)c1nc(N)cnc1C#N. The van der Waals surface area contributed by atoms with Crippen LogP contribution in [0.3, 0.4) is 0 Å². The molecule has 5 nitrogen and oxygen atoms in total. The lowest BCUT2D eigenvalue weighted by molar-refractivity contribution is 0.924. The highest BCUT2D eigenvalue weighted by Crippen LogP contribution is 2.13. The van der Waals surface area contributed by atoms with Gasteiger partial charge in [0.1, 0.15) is 11.9 Å². The molecule has 0 aliphatic carbocycles. The third kappa shape index (κ3) is 1.85. The first-order valence-corrected chi connectivity index (χ1v) is 3.92. The highest BCUT2D eigenvalue weighted by atomic mass is 15.2. The predicted octanol–water partition coefficient (Wildman–Crippen LogP) is 0.387. The molecule has 68 valence electrons. The van der Waals surface area contributed by atoms with Gasteiger partial charge in [0.05, 0.1) is 6.20 Å². The molecule has 0 unspecified atom stereocenters. The van der Waals surface area contributed by atoms with E-state index in [0.29, 0.717) is 17.3 Å². The van der Waals surface area contributed by atoms with Gasteiger partial charge in [-0.05, 0) is 6.92 Å². The number of nitrogens with two attached hydrogens (primary N) is 1. The molecule has 1 rings (SSSR count). The maximum Gasteiger partial charge on any atom is 0.183 e. The summed E-state index contributed by atoms with van der Waals surface area (Å²) in [4.78, 5) is 9.73. The lowest BCUT2D eigenvalue weighted by atomic mass is 10.4. The molecule has 0 amide bonds. The second-order valence-electron chi connectivity index (χ2n) is 2.59. The van der Waals surface area contributed by atoms with Crippen molar-refractivity contribution in [3.05, 3.63) is 11.9 Å². The van der Waals surface area contributed by atoms with Gasteiger partial charge in [-0.15, -0.1) is 0 Å². The molecule has 1 aromatic heterocycles. The minimum absolute atomic E-state index is 0.304. The number of nitrogens with zero attached hydrogens (tertiary/aromatic N) is 4. The molecule has 0 radical (unpaired) electrons. The van der Waals surface area contributed by atoms with E-state index in [2.05, 4.69) is 9.97 Å². The monoisotopic (exact) mass is 177 g/mol. The average molecular weight is 177 g/mol. The van der Waals surface area contributed by atoms with E-state index in [1.807, 2.05) is 24.9 Å². The van der Waals surface area contributed by atoms with Gasteiger partial charge >= 0.3 is 0 Å². The van der Waals surface area contributed by atoms with Gasteiger partial charge in [-0.1, -0.05) is 0 Å². The molecule has 0 aliphatic heterocycles. The number of nitriles is 1. The Bertz CT molecular complexity index is 341. The number of hydrogen-bond donors (Lipinski definition) is 1. The Morgan fingerprint density at radius 3 is 2.92 bits per heavy atom. The van der Waals surface area contributed by atoms with Crippen LogP contribution in [0.15, 0.2) is 6.20 Å². The topological polar surface area (TPSA) is 78.8 Å². The van der Waals surface area contributed by atoms with Gasteiger partial charge < -0.3 is 10.6 Å². The largest absolute Gasteiger partial charge is 0.382 e. The van der Waals surface area contributed by atoms with E-state index in [1.54, 1.807) is 0 Å². The molecule has 0 aliphatic rings. The van der Waals surface area contributed by atoms with Crippen LogP contribution in [-0.4, -0.2) is 23.6 Å². The van der Waals surface area contributed by atoms with E-state index in [4.69, 9.17) is 11.0 Å². The van der Waals surface area contributed by atoms with Gasteiger partial charge in [0.25, 0.3) is 0 Å². The molecule has 13 heavy (non-hydrogen) atoms. The molecule has 1 heterocycles. The summed E-state index contributed by atoms with van der Waals surface area (Å²) in [5.74, 6) is 0.860. The van der Waals surface area contributed by atoms with Crippen LogP contribution in [0.5, 0.6) is 0 Å². The van der Waals surface area contributed by atoms with Crippen LogP contribution >= 0.6 is 0 Å². The van der Waals surface area contributed by atoms with Crippen LogP contribution in [0, 0.1) is 11.3 Å². The second kappa shape index (κ2) is 3.72. The lowest BCUT2D eigenvalue weighted by Crippen LogP contribution is -2.19. The Hall–Kier alpha value is -1.83. The maximum absolute atomic E-state index is 8.73. The van der Waals surface area contributed by atoms with Gasteiger partial charge in [-0.3, -0.25) is 0 Å². The zero-order valence-electron chi connectivity index (χ0n) is 7.65. The molecular formula is C8H11N5. The molecule has 2 N–H and O–H groups in total. The van der Waals surface area contributed by atoms with Crippen LogP contribution in [0.2, 0.25) is 0 Å². The zero-order chi connectivity index (χ0) is 9.84. The van der Waals surface area contributed by atoms with Gasteiger partial charge in [0.2, 0.25) is 0 Å². The van der Waals surface area contributed by atoms with Crippen LogP contribution in [0.25, 0.3) is 0 Å². The summed E-state index contributed by atoms with van der Waals surface area (Å²) in [6.07, 6.45) is 1.38. The quantitative estimate of drug-likeness (QED) is 0.706. The van der Waals surface area contributed by atoms with Crippen molar-refractivity contribution in [2.75, 3.05) is 24.2 Å². The van der Waals surface area contributed by atoms with Crippen LogP contribution in [0.4, 0.5) is 11.6 Å². The highest BCUT2D eigenvalue weighted by Gasteiger charge is 2.08. The number of anilines is 2. The fraction of sp³-hybridized carbons (Fsp3) is 0.375. The van der Waals surface area contributed by atoms with E-state index < -0.39 is 0 Å². The molecule has 0 bridgehead atoms. The summed E-state index contributed by atoms with van der Waals surface area (Å²) in [6.45, 7) is 2.72. The molecule has 0 saturated carbocycles. The molecule has 1 aromatic rings. The maximum atomic E-state index is 8.73. The Kier molecular flexibility index (Phi) is 2.65. The van der Waals surface area contributed by atoms with E-state index in [9.17, 15) is 0 Å². The summed E-state index contributed by atoms with van der Waals surface area (Å²) < 4.78 is 0. The summed E-state index contributed by atoms with van der Waals surface area (Å²) in [5.41, 5.74) is 5.77. The molecule has 0 aromatic carbocycles. The van der Waals surface area contributed by atoms with E-state index in [1.165, 1.54) is 6.20 Å². The average Bonchev–Trinajstić information content (AvgIpc) is 2.16. The van der Waals surface area contributed by atoms with E-state index >= 15 is 0 Å². The smallest absolute Gasteiger partial charge is 0.183 e. The third-order valence-electron chi connectivity index (χ3n) is 1.71. The van der Waals surface area contributed by atoms with Crippen LogP contribution < -0.4 is 10.6 Å². The number of rotatable bonds is 2. The van der Waals surface area contributed by atoms with Crippen molar-refractivity contribution in [2.45, 2.75) is 6.92 Å². The Morgan fingerprint density at radius 1 is 1.69 bits per heavy atom. The van der Waals surface area contributed by atoms with Crippen molar-refractivity contribution in [1.29, 1.82) is 5.26 Å². The summed E-state index contributed by atoms with van der Waals surface area (Å²) >= 11 is 0. The molecule has 0 fully saturated rings. The zero-order valence-corrected chi connectivity index (χ0v) is 7.65. The van der Waals surface area contributed by atoms with Crippen molar-refractivity contribution < 1.29 is 0 Å². The normalized spacial score (nSPS) is 9.31. The molecular weight excluding hydrogens is 166 g/mol.